The molecule has 0 aliphatic heterocycles. The molecule has 0 unspecified atom stereocenters. The molecule has 0 radical (unpaired) electrons. The summed E-state index contributed by atoms with van der Waals surface area (Å²) in [6.07, 6.45) is 3.33. The number of anilines is 1. The Labute approximate surface area is 187 Å². The van der Waals surface area contributed by atoms with E-state index in [0.29, 0.717) is 16.9 Å². The third kappa shape index (κ3) is 5.29. The molecule has 7 heteroatoms. The normalized spacial score (nSPS) is 10.8. The minimum absolute atomic E-state index is 0.140. The molecule has 0 saturated heterocycles. The summed E-state index contributed by atoms with van der Waals surface area (Å²) in [5.74, 6) is -0.902. The average Bonchev–Trinajstić information content (AvgIpc) is 3.19. The molecule has 6 nitrogen and oxygen atoms in total. The van der Waals surface area contributed by atoms with Gasteiger partial charge in [-0.3, -0.25) is 19.5 Å². The third-order valence-electron chi connectivity index (χ3n) is 4.95. The van der Waals surface area contributed by atoms with Gasteiger partial charge in [-0.25, -0.2) is 9.37 Å². The van der Waals surface area contributed by atoms with E-state index in [-0.39, 0.29) is 36.7 Å². The van der Waals surface area contributed by atoms with E-state index in [2.05, 4.69) is 16.9 Å². The molecular formula is C25H27FN4O2. The summed E-state index contributed by atoms with van der Waals surface area (Å²) in [4.78, 5) is 31.2. The lowest BCUT2D eigenvalue weighted by Crippen LogP contribution is -2.40. The van der Waals surface area contributed by atoms with Crippen LogP contribution in [-0.2, 0) is 9.59 Å². The van der Waals surface area contributed by atoms with Gasteiger partial charge in [-0.2, -0.15) is 0 Å². The second-order valence-corrected chi connectivity index (χ2v) is 7.83. The summed E-state index contributed by atoms with van der Waals surface area (Å²) in [7, 11) is 0. The lowest BCUT2D eigenvalue weighted by molar-refractivity contribution is -0.136. The molecule has 1 aromatic heterocycles. The van der Waals surface area contributed by atoms with Crippen molar-refractivity contribution >= 4 is 17.8 Å². The maximum atomic E-state index is 14.2. The van der Waals surface area contributed by atoms with Crippen LogP contribution in [0, 0.1) is 18.7 Å². The van der Waals surface area contributed by atoms with Crippen molar-refractivity contribution in [2.24, 2.45) is 5.92 Å². The number of carbonyl (C=O) groups excluding carboxylic acids is 2. The van der Waals surface area contributed by atoms with Crippen LogP contribution < -0.4 is 5.32 Å². The van der Waals surface area contributed by atoms with Crippen LogP contribution >= 0.6 is 0 Å². The van der Waals surface area contributed by atoms with E-state index in [0.717, 1.165) is 5.56 Å². The molecular weight excluding hydrogens is 407 g/mol. The van der Waals surface area contributed by atoms with Crippen LogP contribution in [0.25, 0.3) is 16.9 Å². The van der Waals surface area contributed by atoms with Gasteiger partial charge in [-0.1, -0.05) is 56.3 Å². The largest absolute Gasteiger partial charge is 0.329 e. The molecule has 1 N–H and O–H groups in total. The summed E-state index contributed by atoms with van der Waals surface area (Å²) in [6, 6.07) is 14.3. The Morgan fingerprint density at radius 1 is 1.22 bits per heavy atom. The molecule has 3 rings (SSSR count). The second kappa shape index (κ2) is 10.0. The molecule has 3 aromatic rings. The van der Waals surface area contributed by atoms with Gasteiger partial charge >= 0.3 is 0 Å². The van der Waals surface area contributed by atoms with Gasteiger partial charge in [0.15, 0.2) is 0 Å². The number of halogens is 1. The molecule has 0 aliphatic rings. The zero-order chi connectivity index (χ0) is 23.3. The van der Waals surface area contributed by atoms with Crippen LogP contribution in [0.2, 0.25) is 0 Å². The van der Waals surface area contributed by atoms with Crippen LogP contribution in [0.5, 0.6) is 0 Å². The average molecular weight is 435 g/mol. The van der Waals surface area contributed by atoms with Gasteiger partial charge in [0.1, 0.15) is 12.4 Å². The highest BCUT2D eigenvalue weighted by molar-refractivity contribution is 5.94. The van der Waals surface area contributed by atoms with Gasteiger partial charge in [-0.05, 0) is 24.6 Å². The smallest absolute Gasteiger partial charge is 0.246 e. The topological polar surface area (TPSA) is 67.2 Å². The highest BCUT2D eigenvalue weighted by Crippen LogP contribution is 2.25. The number of rotatable bonds is 8. The molecule has 32 heavy (non-hydrogen) atoms. The van der Waals surface area contributed by atoms with Crippen molar-refractivity contribution in [1.29, 1.82) is 0 Å². The lowest BCUT2D eigenvalue weighted by atomic mass is 10.2. The molecule has 166 valence electrons. The molecule has 0 atom stereocenters. The Kier molecular flexibility index (Phi) is 7.20. The first-order valence-corrected chi connectivity index (χ1v) is 10.4. The number of aromatic nitrogens is 2. The fraction of sp³-hybridized carbons (Fsp3) is 0.240. The Balaban J connectivity index is 1.94. The molecule has 0 bridgehead atoms. The molecule has 0 fully saturated rings. The Bertz CT molecular complexity index is 1120. The van der Waals surface area contributed by atoms with E-state index in [9.17, 15) is 14.0 Å². The van der Waals surface area contributed by atoms with Gasteiger partial charge in [-0.15, -0.1) is 6.58 Å². The maximum Gasteiger partial charge on any atom is 0.246 e. The first-order chi connectivity index (χ1) is 15.3. The van der Waals surface area contributed by atoms with E-state index in [1.165, 1.54) is 11.0 Å². The first kappa shape index (κ1) is 22.9. The third-order valence-corrected chi connectivity index (χ3v) is 4.95. The lowest BCUT2D eigenvalue weighted by Gasteiger charge is -2.22. The van der Waals surface area contributed by atoms with Crippen molar-refractivity contribution < 1.29 is 14.0 Å². The number of nitrogens with zero attached hydrogens (tertiary/aromatic N) is 3. The number of nitrogens with one attached hydrogen (secondary N) is 1. The van der Waals surface area contributed by atoms with Crippen LogP contribution in [0.4, 0.5) is 10.3 Å². The van der Waals surface area contributed by atoms with Crippen molar-refractivity contribution in [2.45, 2.75) is 20.8 Å². The van der Waals surface area contributed by atoms with E-state index in [4.69, 9.17) is 0 Å². The zero-order valence-corrected chi connectivity index (χ0v) is 18.5. The maximum absolute atomic E-state index is 14.2. The summed E-state index contributed by atoms with van der Waals surface area (Å²) < 4.78 is 15.9. The molecule has 2 aromatic carbocycles. The summed E-state index contributed by atoms with van der Waals surface area (Å²) in [5, 5.41) is 2.78. The summed E-state index contributed by atoms with van der Waals surface area (Å²) in [6.45, 7) is 9.03. The highest BCUT2D eigenvalue weighted by Gasteiger charge is 2.21. The molecule has 0 aliphatic carbocycles. The van der Waals surface area contributed by atoms with Crippen LogP contribution in [0.1, 0.15) is 19.4 Å². The Morgan fingerprint density at radius 2 is 1.94 bits per heavy atom. The van der Waals surface area contributed by atoms with Gasteiger partial charge in [0, 0.05) is 24.2 Å². The minimum Gasteiger partial charge on any atom is -0.329 e. The predicted octanol–water partition coefficient (Wildman–Crippen LogP) is 4.60. The van der Waals surface area contributed by atoms with E-state index in [1.54, 1.807) is 49.7 Å². The van der Waals surface area contributed by atoms with Crippen LogP contribution in [0.15, 0.2) is 67.4 Å². The Morgan fingerprint density at radius 3 is 2.56 bits per heavy atom. The zero-order valence-electron chi connectivity index (χ0n) is 18.5. The molecule has 0 saturated carbocycles. The van der Waals surface area contributed by atoms with Crippen LogP contribution in [-0.4, -0.2) is 39.4 Å². The second-order valence-electron chi connectivity index (χ2n) is 7.83. The number of hydrogen-bond acceptors (Lipinski definition) is 3. The monoisotopic (exact) mass is 434 g/mol. The summed E-state index contributed by atoms with van der Waals surface area (Å²) in [5.41, 5.74) is 2.54. The van der Waals surface area contributed by atoms with E-state index in [1.807, 2.05) is 30.3 Å². The standard InChI is InChI=1S/C25H27FN4O2/c1-5-13-29(24(32)17(2)3)16-23(31)28-25-27-22(19-9-7-6-8-10-19)15-30(25)20-12-11-18(4)21(26)14-20/h5-12,14-15,17H,1,13,16H2,2-4H3,(H,27,28,31). The fourth-order valence-corrected chi connectivity index (χ4v) is 3.24. The quantitative estimate of drug-likeness (QED) is 0.527. The minimum atomic E-state index is -0.403. The van der Waals surface area contributed by atoms with Crippen molar-refractivity contribution in [1.82, 2.24) is 14.5 Å². The first-order valence-electron chi connectivity index (χ1n) is 10.4. The Hall–Kier alpha value is -3.74. The number of carbonyl (C=O) groups is 2. The van der Waals surface area contributed by atoms with Crippen molar-refractivity contribution in [3.63, 3.8) is 0 Å². The number of imidazole rings is 1. The van der Waals surface area contributed by atoms with Gasteiger partial charge in [0.25, 0.3) is 0 Å². The van der Waals surface area contributed by atoms with Crippen molar-refractivity contribution in [3.8, 4) is 16.9 Å². The van der Waals surface area contributed by atoms with E-state index < -0.39 is 5.91 Å². The number of hydrogen-bond donors (Lipinski definition) is 1. The molecule has 0 spiro atoms. The van der Waals surface area contributed by atoms with Crippen molar-refractivity contribution in [2.75, 3.05) is 18.4 Å². The number of aryl methyl sites for hydroxylation is 1. The van der Waals surface area contributed by atoms with E-state index >= 15 is 0 Å². The van der Waals surface area contributed by atoms with Crippen molar-refractivity contribution in [3.05, 3.63) is 78.8 Å². The fourth-order valence-electron chi connectivity index (χ4n) is 3.24. The van der Waals surface area contributed by atoms with Gasteiger partial charge in [0.2, 0.25) is 17.8 Å². The highest BCUT2D eigenvalue weighted by atomic mass is 19.1. The number of amides is 2. The SMILES string of the molecule is C=CCN(CC(=O)Nc1nc(-c2ccccc2)cn1-c1ccc(C)c(F)c1)C(=O)C(C)C. The number of benzene rings is 2. The van der Waals surface area contributed by atoms with Gasteiger partial charge < -0.3 is 4.90 Å². The summed E-state index contributed by atoms with van der Waals surface area (Å²) >= 11 is 0. The van der Waals surface area contributed by atoms with Gasteiger partial charge in [0.05, 0.1) is 11.4 Å². The molecule has 1 heterocycles. The molecule has 2 amide bonds. The van der Waals surface area contributed by atoms with Crippen LogP contribution in [0.3, 0.4) is 0 Å². The predicted molar refractivity (Wildman–Crippen MR) is 124 cm³/mol.